The van der Waals surface area contributed by atoms with Gasteiger partial charge in [-0.2, -0.15) is 0 Å². The number of para-hydroxylation sites is 1. The molecule has 1 aromatic carbocycles. The third kappa shape index (κ3) is 5.30. The molecule has 0 radical (unpaired) electrons. The lowest BCUT2D eigenvalue weighted by molar-refractivity contribution is -0.127. The molecule has 7 heteroatoms. The Morgan fingerprint density at radius 2 is 1.65 bits per heavy atom. The van der Waals surface area contributed by atoms with Crippen molar-refractivity contribution in [2.24, 2.45) is 0 Å². The maximum Gasteiger partial charge on any atom is 0.233 e. The molecule has 144 valence electrons. The Balaban J connectivity index is 2.04. The first kappa shape index (κ1) is 20.4. The molecular formula is C19H28N2O4S. The SMILES string of the molecule is CC(C)c1cccc(C(C)C)c1NC(=O)CC(=O)NC1CCS(=O)(=O)C1. The van der Waals surface area contributed by atoms with Crippen molar-refractivity contribution < 1.29 is 18.0 Å². The van der Waals surface area contributed by atoms with Crippen LogP contribution in [0.25, 0.3) is 0 Å². The van der Waals surface area contributed by atoms with Crippen LogP contribution in [-0.4, -0.2) is 37.8 Å². The van der Waals surface area contributed by atoms with Crippen molar-refractivity contribution in [3.63, 3.8) is 0 Å². The van der Waals surface area contributed by atoms with Crippen LogP contribution in [0.1, 0.15) is 63.5 Å². The van der Waals surface area contributed by atoms with Gasteiger partial charge in [0.15, 0.2) is 9.84 Å². The van der Waals surface area contributed by atoms with E-state index < -0.39 is 27.7 Å². The largest absolute Gasteiger partial charge is 0.352 e. The Bertz CT molecular complexity index is 758. The molecule has 6 nitrogen and oxygen atoms in total. The Kier molecular flexibility index (Phi) is 6.44. The molecule has 0 saturated carbocycles. The van der Waals surface area contributed by atoms with Gasteiger partial charge in [0.05, 0.1) is 11.5 Å². The fourth-order valence-electron chi connectivity index (χ4n) is 3.21. The summed E-state index contributed by atoms with van der Waals surface area (Å²) in [5, 5.41) is 5.54. The van der Waals surface area contributed by atoms with Crippen LogP contribution in [0.4, 0.5) is 5.69 Å². The Labute approximate surface area is 155 Å². The lowest BCUT2D eigenvalue weighted by Crippen LogP contribution is -2.37. The monoisotopic (exact) mass is 380 g/mol. The summed E-state index contributed by atoms with van der Waals surface area (Å²) in [4.78, 5) is 24.5. The zero-order chi connectivity index (χ0) is 19.5. The number of nitrogens with one attached hydrogen (secondary N) is 2. The Morgan fingerprint density at radius 3 is 2.12 bits per heavy atom. The predicted molar refractivity (Wildman–Crippen MR) is 103 cm³/mol. The molecule has 26 heavy (non-hydrogen) atoms. The Hall–Kier alpha value is -1.89. The molecule has 2 amide bonds. The van der Waals surface area contributed by atoms with E-state index in [4.69, 9.17) is 0 Å². The second-order valence-electron chi connectivity index (χ2n) is 7.51. The summed E-state index contributed by atoms with van der Waals surface area (Å²) in [5.41, 5.74) is 2.84. The van der Waals surface area contributed by atoms with E-state index in [1.807, 2.05) is 18.2 Å². The summed E-state index contributed by atoms with van der Waals surface area (Å²) in [6, 6.07) is 5.55. The third-order valence-corrected chi connectivity index (χ3v) is 6.32. The van der Waals surface area contributed by atoms with Crippen molar-refractivity contribution >= 4 is 27.3 Å². The van der Waals surface area contributed by atoms with Gasteiger partial charge in [-0.3, -0.25) is 9.59 Å². The summed E-state index contributed by atoms with van der Waals surface area (Å²) in [6.07, 6.45) is 0.0872. The van der Waals surface area contributed by atoms with Crippen LogP contribution in [0.5, 0.6) is 0 Å². The van der Waals surface area contributed by atoms with E-state index in [-0.39, 0.29) is 29.8 Å². The van der Waals surface area contributed by atoms with Crippen molar-refractivity contribution in [2.75, 3.05) is 16.8 Å². The average molecular weight is 381 g/mol. The molecule has 1 heterocycles. The molecule has 2 rings (SSSR count). The van der Waals surface area contributed by atoms with Crippen LogP contribution in [0.3, 0.4) is 0 Å². The van der Waals surface area contributed by atoms with Gasteiger partial charge in [-0.1, -0.05) is 45.9 Å². The van der Waals surface area contributed by atoms with Crippen molar-refractivity contribution in [3.05, 3.63) is 29.3 Å². The highest BCUT2D eigenvalue weighted by atomic mass is 32.2. The van der Waals surface area contributed by atoms with Gasteiger partial charge in [0.2, 0.25) is 11.8 Å². The van der Waals surface area contributed by atoms with Crippen molar-refractivity contribution in [3.8, 4) is 0 Å². The highest BCUT2D eigenvalue weighted by molar-refractivity contribution is 7.91. The zero-order valence-electron chi connectivity index (χ0n) is 15.8. The van der Waals surface area contributed by atoms with Crippen molar-refractivity contribution in [2.45, 2.75) is 58.4 Å². The minimum absolute atomic E-state index is 0.0476. The highest BCUT2D eigenvalue weighted by Gasteiger charge is 2.29. The fourth-order valence-corrected chi connectivity index (χ4v) is 4.89. The molecule has 0 spiro atoms. The van der Waals surface area contributed by atoms with Crippen molar-refractivity contribution in [1.29, 1.82) is 0 Å². The van der Waals surface area contributed by atoms with E-state index in [0.29, 0.717) is 6.42 Å². The summed E-state index contributed by atoms with van der Waals surface area (Å²) in [7, 11) is -3.06. The fraction of sp³-hybridized carbons (Fsp3) is 0.579. The smallest absolute Gasteiger partial charge is 0.233 e. The minimum Gasteiger partial charge on any atom is -0.352 e. The van der Waals surface area contributed by atoms with Gasteiger partial charge >= 0.3 is 0 Å². The van der Waals surface area contributed by atoms with Gasteiger partial charge in [-0.05, 0) is 29.4 Å². The van der Waals surface area contributed by atoms with Crippen LogP contribution >= 0.6 is 0 Å². The number of sulfone groups is 1. The lowest BCUT2D eigenvalue weighted by atomic mass is 9.92. The molecule has 1 aliphatic rings. The molecule has 2 N–H and O–H groups in total. The number of carbonyl (C=O) groups is 2. The van der Waals surface area contributed by atoms with Crippen LogP contribution < -0.4 is 10.6 Å². The van der Waals surface area contributed by atoms with Crippen LogP contribution in [0.15, 0.2) is 18.2 Å². The van der Waals surface area contributed by atoms with E-state index in [2.05, 4.69) is 38.3 Å². The molecule has 0 aliphatic carbocycles. The van der Waals surface area contributed by atoms with E-state index in [1.165, 1.54) is 0 Å². The lowest BCUT2D eigenvalue weighted by Gasteiger charge is -2.20. The van der Waals surface area contributed by atoms with Crippen molar-refractivity contribution in [1.82, 2.24) is 5.32 Å². The van der Waals surface area contributed by atoms with Gasteiger partial charge < -0.3 is 10.6 Å². The molecule has 1 unspecified atom stereocenters. The molecule has 1 atom stereocenters. The van der Waals surface area contributed by atoms with E-state index in [9.17, 15) is 18.0 Å². The van der Waals surface area contributed by atoms with E-state index in [1.54, 1.807) is 0 Å². The molecule has 0 bridgehead atoms. The quantitative estimate of drug-likeness (QED) is 0.742. The maximum absolute atomic E-state index is 12.4. The zero-order valence-corrected chi connectivity index (χ0v) is 16.7. The number of benzene rings is 1. The van der Waals surface area contributed by atoms with E-state index in [0.717, 1.165) is 16.8 Å². The highest BCUT2D eigenvalue weighted by Crippen LogP contribution is 2.32. The number of carbonyl (C=O) groups excluding carboxylic acids is 2. The van der Waals surface area contributed by atoms with Gasteiger partial charge in [-0.15, -0.1) is 0 Å². The molecule has 0 aromatic heterocycles. The normalized spacial score (nSPS) is 18.9. The Morgan fingerprint density at radius 1 is 1.08 bits per heavy atom. The topological polar surface area (TPSA) is 92.3 Å². The summed E-state index contributed by atoms with van der Waals surface area (Å²) < 4.78 is 22.9. The van der Waals surface area contributed by atoms with Crippen LogP contribution in [0.2, 0.25) is 0 Å². The minimum atomic E-state index is -3.06. The summed E-state index contributed by atoms with van der Waals surface area (Å²) in [6.45, 7) is 8.23. The molecular weight excluding hydrogens is 352 g/mol. The molecule has 1 aromatic rings. The maximum atomic E-state index is 12.4. The second-order valence-corrected chi connectivity index (χ2v) is 9.74. The molecule has 1 saturated heterocycles. The second kappa shape index (κ2) is 8.20. The van der Waals surface area contributed by atoms with Gasteiger partial charge in [0.25, 0.3) is 0 Å². The van der Waals surface area contributed by atoms with Gasteiger partial charge in [-0.25, -0.2) is 8.42 Å². The van der Waals surface area contributed by atoms with E-state index >= 15 is 0 Å². The summed E-state index contributed by atoms with van der Waals surface area (Å²) in [5.74, 6) is -0.323. The predicted octanol–water partition coefficient (Wildman–Crippen LogP) is 2.57. The number of hydrogen-bond donors (Lipinski definition) is 2. The standard InChI is InChI=1S/C19H28N2O4S/c1-12(2)15-6-5-7-16(13(3)4)19(15)21-18(23)10-17(22)20-14-8-9-26(24,25)11-14/h5-7,12-14H,8-11H2,1-4H3,(H,20,22)(H,21,23). The van der Waals surface area contributed by atoms with Crippen LogP contribution in [-0.2, 0) is 19.4 Å². The number of amides is 2. The first-order valence-electron chi connectivity index (χ1n) is 9.01. The number of rotatable bonds is 6. The number of hydrogen-bond acceptors (Lipinski definition) is 4. The molecule has 1 aliphatic heterocycles. The molecule has 1 fully saturated rings. The number of anilines is 1. The average Bonchev–Trinajstić information content (AvgIpc) is 2.85. The van der Waals surface area contributed by atoms with Gasteiger partial charge in [0.1, 0.15) is 6.42 Å². The first-order chi connectivity index (χ1) is 12.1. The summed E-state index contributed by atoms with van der Waals surface area (Å²) >= 11 is 0. The van der Waals surface area contributed by atoms with Gasteiger partial charge in [0, 0.05) is 11.7 Å². The first-order valence-corrected chi connectivity index (χ1v) is 10.8. The van der Waals surface area contributed by atoms with Crippen LogP contribution in [0, 0.1) is 0 Å². The third-order valence-electron chi connectivity index (χ3n) is 4.56.